The van der Waals surface area contributed by atoms with E-state index in [1.165, 1.54) is 31.5 Å². The quantitative estimate of drug-likeness (QED) is 0.518. The Morgan fingerprint density at radius 1 is 1.06 bits per heavy atom. The van der Waals surface area contributed by atoms with Crippen molar-refractivity contribution >= 4 is 39.1 Å². The Labute approximate surface area is 191 Å². The van der Waals surface area contributed by atoms with E-state index in [2.05, 4.69) is 4.98 Å². The number of pyridine rings is 1. The van der Waals surface area contributed by atoms with Crippen molar-refractivity contribution in [2.75, 3.05) is 13.4 Å². The van der Waals surface area contributed by atoms with Gasteiger partial charge in [-0.2, -0.15) is 0 Å². The van der Waals surface area contributed by atoms with E-state index in [9.17, 15) is 22.0 Å². The minimum atomic E-state index is -3.90. The highest BCUT2D eigenvalue weighted by Crippen LogP contribution is 2.37. The highest BCUT2D eigenvalue weighted by Gasteiger charge is 2.21. The minimum Gasteiger partial charge on any atom is -0.496 e. The first kappa shape index (κ1) is 23.7. The molecule has 0 saturated carbocycles. The maximum atomic E-state index is 14.6. The lowest BCUT2D eigenvalue weighted by molar-refractivity contribution is 0.0977. The number of carbonyl (C=O) groups is 1. The van der Waals surface area contributed by atoms with Crippen molar-refractivity contribution in [2.24, 2.45) is 0 Å². The smallest absolute Gasteiger partial charge is 0.267 e. The molecule has 0 spiro atoms. The summed E-state index contributed by atoms with van der Waals surface area (Å²) in [6.45, 7) is 0. The number of hydrogen-bond donors (Lipinski definition) is 1. The summed E-state index contributed by atoms with van der Waals surface area (Å²) < 4.78 is 63.3. The summed E-state index contributed by atoms with van der Waals surface area (Å²) in [5.41, 5.74) is -0.0676. The van der Waals surface area contributed by atoms with E-state index in [1.54, 1.807) is 4.72 Å². The average Bonchev–Trinajstić information content (AvgIpc) is 2.70. The summed E-state index contributed by atoms with van der Waals surface area (Å²) in [5.74, 6) is -3.09. The number of benzene rings is 2. The van der Waals surface area contributed by atoms with Crippen molar-refractivity contribution < 1.29 is 31.5 Å². The molecule has 0 aliphatic heterocycles. The van der Waals surface area contributed by atoms with Gasteiger partial charge in [-0.15, -0.1) is 0 Å². The highest BCUT2D eigenvalue weighted by atomic mass is 35.5. The molecular formula is C20H14Cl2F2N2O5S. The predicted octanol–water partition coefficient (Wildman–Crippen LogP) is 4.82. The second-order valence-electron chi connectivity index (χ2n) is 6.42. The second-order valence-corrected chi connectivity index (χ2v) is 9.02. The Hall–Kier alpha value is -2.95. The number of hydrogen-bond acceptors (Lipinski definition) is 6. The third kappa shape index (κ3) is 5.45. The molecular weight excluding hydrogens is 489 g/mol. The van der Waals surface area contributed by atoms with Crippen LogP contribution in [0.3, 0.4) is 0 Å². The normalized spacial score (nSPS) is 11.2. The molecule has 0 aliphatic carbocycles. The second kappa shape index (κ2) is 9.27. The van der Waals surface area contributed by atoms with Crippen molar-refractivity contribution in [3.8, 4) is 28.5 Å². The molecule has 12 heteroatoms. The van der Waals surface area contributed by atoms with Gasteiger partial charge in [0.1, 0.15) is 16.6 Å². The third-order valence-electron chi connectivity index (χ3n) is 4.03. The van der Waals surface area contributed by atoms with Gasteiger partial charge in [0.25, 0.3) is 5.91 Å². The summed E-state index contributed by atoms with van der Waals surface area (Å²) in [7, 11) is -2.61. The number of amides is 1. The van der Waals surface area contributed by atoms with Crippen molar-refractivity contribution in [3.05, 3.63) is 69.8 Å². The van der Waals surface area contributed by atoms with Crippen LogP contribution in [0.5, 0.6) is 17.4 Å². The fourth-order valence-corrected chi connectivity index (χ4v) is 3.47. The molecule has 1 heterocycles. The monoisotopic (exact) mass is 502 g/mol. The van der Waals surface area contributed by atoms with E-state index in [0.29, 0.717) is 5.56 Å². The largest absolute Gasteiger partial charge is 0.496 e. The van der Waals surface area contributed by atoms with Crippen molar-refractivity contribution in [1.29, 1.82) is 0 Å². The number of rotatable bonds is 6. The van der Waals surface area contributed by atoms with Gasteiger partial charge < -0.3 is 9.47 Å². The molecule has 1 N–H and O–H groups in total. The molecule has 0 bridgehead atoms. The molecule has 0 radical (unpaired) electrons. The van der Waals surface area contributed by atoms with Crippen LogP contribution >= 0.6 is 23.2 Å². The lowest BCUT2D eigenvalue weighted by Gasteiger charge is -2.13. The summed E-state index contributed by atoms with van der Waals surface area (Å²) in [5, 5.41) is 0.220. The zero-order valence-electron chi connectivity index (χ0n) is 16.5. The lowest BCUT2D eigenvalue weighted by atomic mass is 10.0. The number of carbonyl (C=O) groups excluding carboxylic acids is 1. The average molecular weight is 503 g/mol. The van der Waals surface area contributed by atoms with Gasteiger partial charge in [-0.25, -0.2) is 26.9 Å². The predicted molar refractivity (Wildman–Crippen MR) is 115 cm³/mol. The molecule has 0 saturated heterocycles. The summed E-state index contributed by atoms with van der Waals surface area (Å²) in [6.07, 6.45) is 2.04. The SMILES string of the molecule is COc1cc(C(=O)NS(C)(=O)=O)c(F)cc1-c1cnc(Oc2cc(Cl)ccc2F)c(Cl)c1. The topological polar surface area (TPSA) is 94.6 Å². The van der Waals surface area contributed by atoms with Gasteiger partial charge >= 0.3 is 0 Å². The lowest BCUT2D eigenvalue weighted by Crippen LogP contribution is -2.30. The molecule has 32 heavy (non-hydrogen) atoms. The van der Waals surface area contributed by atoms with Crippen molar-refractivity contribution in [2.45, 2.75) is 0 Å². The molecule has 1 aromatic heterocycles. The fraction of sp³-hybridized carbons (Fsp3) is 0.100. The molecule has 0 fully saturated rings. The molecule has 1 amide bonds. The van der Waals surface area contributed by atoms with E-state index in [-0.39, 0.29) is 33.0 Å². The number of ether oxygens (including phenoxy) is 2. The Morgan fingerprint density at radius 3 is 2.41 bits per heavy atom. The number of nitrogens with zero attached hydrogens (tertiary/aromatic N) is 1. The third-order valence-corrected chi connectivity index (χ3v) is 5.09. The molecule has 0 aliphatic rings. The van der Waals surface area contributed by atoms with Crippen LogP contribution in [-0.2, 0) is 10.0 Å². The first-order valence-electron chi connectivity index (χ1n) is 8.67. The minimum absolute atomic E-state index is 0.0248. The Balaban J connectivity index is 1.97. The highest BCUT2D eigenvalue weighted by molar-refractivity contribution is 7.89. The van der Waals surface area contributed by atoms with E-state index < -0.39 is 33.1 Å². The van der Waals surface area contributed by atoms with E-state index >= 15 is 0 Å². The number of methoxy groups -OCH3 is 1. The molecule has 7 nitrogen and oxygen atoms in total. The number of nitrogens with one attached hydrogen (secondary N) is 1. The van der Waals surface area contributed by atoms with Gasteiger partial charge in [-0.3, -0.25) is 4.79 Å². The van der Waals surface area contributed by atoms with Crippen molar-refractivity contribution in [1.82, 2.24) is 9.71 Å². The Morgan fingerprint density at radius 2 is 1.78 bits per heavy atom. The van der Waals surface area contributed by atoms with Gasteiger partial charge in [0.2, 0.25) is 15.9 Å². The van der Waals surface area contributed by atoms with Crippen LogP contribution in [0.15, 0.2) is 42.6 Å². The van der Waals surface area contributed by atoms with Gasteiger partial charge in [0.15, 0.2) is 11.6 Å². The summed E-state index contributed by atoms with van der Waals surface area (Å²) in [4.78, 5) is 16.1. The van der Waals surface area contributed by atoms with E-state index in [4.69, 9.17) is 32.7 Å². The van der Waals surface area contributed by atoms with E-state index in [1.807, 2.05) is 0 Å². The number of sulfonamides is 1. The van der Waals surface area contributed by atoms with Crippen LogP contribution in [0.25, 0.3) is 11.1 Å². The number of aromatic nitrogens is 1. The summed E-state index contributed by atoms with van der Waals surface area (Å²) >= 11 is 12.0. The number of halogens is 4. The maximum absolute atomic E-state index is 14.6. The zero-order chi connectivity index (χ0) is 23.6. The van der Waals surface area contributed by atoms with E-state index in [0.717, 1.165) is 24.5 Å². The summed E-state index contributed by atoms with van der Waals surface area (Å²) in [6, 6.07) is 7.12. The Bertz CT molecular complexity index is 1320. The van der Waals surface area contributed by atoms with Crippen LogP contribution in [0.4, 0.5) is 8.78 Å². The molecule has 0 atom stereocenters. The molecule has 3 aromatic rings. The Kier molecular flexibility index (Phi) is 6.87. The van der Waals surface area contributed by atoms with Crippen molar-refractivity contribution in [3.63, 3.8) is 0 Å². The first-order valence-corrected chi connectivity index (χ1v) is 11.3. The molecule has 2 aromatic carbocycles. The molecule has 168 valence electrons. The van der Waals surface area contributed by atoms with Crippen LogP contribution in [0.1, 0.15) is 10.4 Å². The standard InChI is InChI=1S/C20H14Cl2F2N2O5S/c1-30-17-8-13(19(27)26-32(2,28)29)16(24)7-12(17)10-5-14(22)20(25-9-10)31-18-6-11(21)3-4-15(18)23/h3-9H,1-2H3,(H,26,27). The van der Waals surface area contributed by atoms with Gasteiger partial charge in [0, 0.05) is 28.4 Å². The fourth-order valence-electron chi connectivity index (χ4n) is 2.65. The maximum Gasteiger partial charge on any atom is 0.267 e. The van der Waals surface area contributed by atoms with Gasteiger partial charge in [-0.05, 0) is 30.3 Å². The molecule has 0 unspecified atom stereocenters. The van der Waals surface area contributed by atoms with Crippen LogP contribution in [-0.4, -0.2) is 32.7 Å². The van der Waals surface area contributed by atoms with Gasteiger partial charge in [-0.1, -0.05) is 23.2 Å². The van der Waals surface area contributed by atoms with Gasteiger partial charge in [0.05, 0.1) is 18.9 Å². The first-order chi connectivity index (χ1) is 15.0. The van der Waals surface area contributed by atoms with Crippen LogP contribution < -0.4 is 14.2 Å². The van der Waals surface area contributed by atoms with Crippen LogP contribution in [0.2, 0.25) is 10.0 Å². The zero-order valence-corrected chi connectivity index (χ0v) is 18.8. The van der Waals surface area contributed by atoms with Crippen LogP contribution in [0, 0.1) is 11.6 Å². The molecule has 3 rings (SSSR count).